The first-order chi connectivity index (χ1) is 12.1. The van der Waals surface area contributed by atoms with Crippen molar-refractivity contribution in [3.63, 3.8) is 0 Å². The number of benzene rings is 2. The Morgan fingerprint density at radius 2 is 1.73 bits per heavy atom. The molecule has 2 aromatic carbocycles. The van der Waals surface area contributed by atoms with Crippen molar-refractivity contribution in [2.24, 2.45) is 0 Å². The number of ketones is 1. The molecule has 0 bridgehead atoms. The van der Waals surface area contributed by atoms with Crippen LogP contribution in [0.3, 0.4) is 0 Å². The molecule has 6 nitrogen and oxygen atoms in total. The monoisotopic (exact) mass is 438 g/mol. The lowest BCUT2D eigenvalue weighted by Crippen LogP contribution is -2.35. The van der Waals surface area contributed by atoms with Gasteiger partial charge < -0.3 is 5.32 Å². The third kappa shape index (κ3) is 4.78. The van der Waals surface area contributed by atoms with Crippen LogP contribution in [0.5, 0.6) is 0 Å². The molecule has 1 N–H and O–H groups in total. The molecule has 2 aromatic rings. The van der Waals surface area contributed by atoms with Crippen molar-refractivity contribution < 1.29 is 18.0 Å². The lowest BCUT2D eigenvalue weighted by atomic mass is 10.2. The van der Waals surface area contributed by atoms with Crippen molar-refractivity contribution in [1.82, 2.24) is 4.31 Å². The predicted molar refractivity (Wildman–Crippen MR) is 104 cm³/mol. The third-order valence-corrected chi connectivity index (χ3v) is 6.21. The van der Waals surface area contributed by atoms with Gasteiger partial charge in [-0.25, -0.2) is 8.42 Å². The third-order valence-electron chi connectivity index (χ3n) is 3.73. The Morgan fingerprint density at radius 3 is 2.27 bits per heavy atom. The Hall–Kier alpha value is -2.03. The van der Waals surface area contributed by atoms with Crippen molar-refractivity contribution in [2.45, 2.75) is 18.7 Å². The molecular weight excluding hydrogens is 420 g/mol. The molecule has 0 aliphatic heterocycles. The number of sulfonamides is 1. The van der Waals surface area contributed by atoms with Crippen molar-refractivity contribution in [3.05, 3.63) is 58.1 Å². The molecule has 0 saturated heterocycles. The first-order valence-electron chi connectivity index (χ1n) is 7.74. The first-order valence-corrected chi connectivity index (χ1v) is 9.98. The summed E-state index contributed by atoms with van der Waals surface area (Å²) in [7, 11) is -2.50. The first kappa shape index (κ1) is 20.3. The predicted octanol–water partition coefficient (Wildman–Crippen LogP) is 3.22. The molecule has 0 saturated carbocycles. The molecule has 0 aromatic heterocycles. The van der Waals surface area contributed by atoms with Crippen LogP contribution < -0.4 is 5.32 Å². The summed E-state index contributed by atoms with van der Waals surface area (Å²) in [5.74, 6) is -0.605. The Morgan fingerprint density at radius 1 is 1.12 bits per heavy atom. The van der Waals surface area contributed by atoms with Crippen LogP contribution in [-0.4, -0.2) is 38.0 Å². The summed E-state index contributed by atoms with van der Waals surface area (Å²) >= 11 is 3.36. The number of rotatable bonds is 6. The van der Waals surface area contributed by atoms with E-state index in [4.69, 9.17) is 0 Å². The molecule has 0 unspecified atom stereocenters. The summed E-state index contributed by atoms with van der Waals surface area (Å²) in [5.41, 5.74) is 2.02. The maximum Gasteiger partial charge on any atom is 0.243 e. The number of carbonyl (C=O) groups is 2. The fourth-order valence-electron chi connectivity index (χ4n) is 2.24. The molecule has 0 radical (unpaired) electrons. The van der Waals surface area contributed by atoms with Crippen LogP contribution >= 0.6 is 15.9 Å². The van der Waals surface area contributed by atoms with E-state index in [-0.39, 0.29) is 17.2 Å². The number of amides is 1. The van der Waals surface area contributed by atoms with E-state index in [1.165, 1.54) is 38.2 Å². The number of aryl methyl sites for hydroxylation is 1. The molecular formula is C18H19BrN2O4S. The fourth-order valence-corrected chi connectivity index (χ4v) is 3.96. The van der Waals surface area contributed by atoms with E-state index in [1.807, 2.05) is 19.1 Å². The van der Waals surface area contributed by atoms with Crippen LogP contribution in [0.1, 0.15) is 22.8 Å². The summed E-state index contributed by atoms with van der Waals surface area (Å²) in [6.45, 7) is 2.99. The summed E-state index contributed by atoms with van der Waals surface area (Å²) in [5, 5.41) is 2.68. The maximum absolute atomic E-state index is 12.6. The van der Waals surface area contributed by atoms with Crippen LogP contribution in [0, 0.1) is 6.92 Å². The van der Waals surface area contributed by atoms with Crippen LogP contribution in [0.25, 0.3) is 0 Å². The molecule has 0 atom stereocenters. The van der Waals surface area contributed by atoms with Gasteiger partial charge in [-0.05, 0) is 59.6 Å². The topological polar surface area (TPSA) is 83.6 Å². The molecule has 0 fully saturated rings. The zero-order valence-electron chi connectivity index (χ0n) is 14.6. The quantitative estimate of drug-likeness (QED) is 0.701. The lowest BCUT2D eigenvalue weighted by molar-refractivity contribution is -0.116. The van der Waals surface area contributed by atoms with Gasteiger partial charge in [-0.2, -0.15) is 4.31 Å². The molecule has 0 heterocycles. The van der Waals surface area contributed by atoms with Gasteiger partial charge in [0.2, 0.25) is 15.9 Å². The molecule has 0 aliphatic carbocycles. The Bertz CT molecular complexity index is 940. The molecule has 2 rings (SSSR count). The van der Waals surface area contributed by atoms with Gasteiger partial charge in [0.25, 0.3) is 0 Å². The Labute approximate surface area is 161 Å². The van der Waals surface area contributed by atoms with Crippen molar-refractivity contribution in [1.29, 1.82) is 0 Å². The fraction of sp³-hybridized carbons (Fsp3) is 0.222. The highest BCUT2D eigenvalue weighted by Crippen LogP contribution is 2.23. The van der Waals surface area contributed by atoms with Crippen molar-refractivity contribution >= 4 is 43.3 Å². The van der Waals surface area contributed by atoms with Gasteiger partial charge in [0.05, 0.1) is 17.1 Å². The molecule has 26 heavy (non-hydrogen) atoms. The van der Waals surface area contributed by atoms with E-state index < -0.39 is 15.9 Å². The number of carbonyl (C=O) groups excluding carboxylic acids is 2. The molecule has 0 spiro atoms. The van der Waals surface area contributed by atoms with Gasteiger partial charge >= 0.3 is 0 Å². The number of Topliss-reactive ketones (excluding diaryl/α,β-unsaturated/α-hetero) is 1. The van der Waals surface area contributed by atoms with E-state index in [0.717, 1.165) is 14.3 Å². The number of anilines is 1. The van der Waals surface area contributed by atoms with Gasteiger partial charge in [0.1, 0.15) is 0 Å². The highest BCUT2D eigenvalue weighted by atomic mass is 79.9. The minimum atomic E-state index is -3.84. The van der Waals surface area contributed by atoms with Crippen molar-refractivity contribution in [3.8, 4) is 0 Å². The smallest absolute Gasteiger partial charge is 0.243 e. The van der Waals surface area contributed by atoms with Gasteiger partial charge in [-0.15, -0.1) is 0 Å². The second kappa shape index (κ2) is 8.11. The van der Waals surface area contributed by atoms with E-state index >= 15 is 0 Å². The van der Waals surface area contributed by atoms with Gasteiger partial charge in [-0.1, -0.05) is 18.2 Å². The van der Waals surface area contributed by atoms with Gasteiger partial charge in [0.15, 0.2) is 5.78 Å². The number of nitrogens with zero attached hydrogens (tertiary/aromatic N) is 1. The van der Waals surface area contributed by atoms with Gasteiger partial charge in [0, 0.05) is 17.1 Å². The van der Waals surface area contributed by atoms with Crippen LogP contribution in [0.4, 0.5) is 5.69 Å². The summed E-state index contributed by atoms with van der Waals surface area (Å²) in [6, 6.07) is 11.1. The summed E-state index contributed by atoms with van der Waals surface area (Å²) < 4.78 is 26.8. The number of halogens is 1. The molecule has 8 heteroatoms. The molecule has 138 valence electrons. The summed E-state index contributed by atoms with van der Waals surface area (Å²) in [4.78, 5) is 23.5. The minimum Gasteiger partial charge on any atom is -0.324 e. The van der Waals surface area contributed by atoms with Crippen molar-refractivity contribution in [2.75, 3.05) is 18.9 Å². The van der Waals surface area contributed by atoms with Crippen LogP contribution in [0.2, 0.25) is 0 Å². The van der Waals surface area contributed by atoms with E-state index in [1.54, 1.807) is 6.07 Å². The number of likely N-dealkylation sites (N-methyl/N-ethyl adjacent to an activating group) is 1. The second-order valence-electron chi connectivity index (χ2n) is 5.87. The lowest BCUT2D eigenvalue weighted by Gasteiger charge is -2.17. The van der Waals surface area contributed by atoms with Gasteiger partial charge in [-0.3, -0.25) is 9.59 Å². The average molecular weight is 439 g/mol. The van der Waals surface area contributed by atoms with Crippen LogP contribution in [-0.2, 0) is 14.8 Å². The van der Waals surface area contributed by atoms with E-state index in [0.29, 0.717) is 11.3 Å². The average Bonchev–Trinajstić information content (AvgIpc) is 2.57. The molecule has 0 aliphatic rings. The maximum atomic E-state index is 12.6. The molecule has 1 amide bonds. The highest BCUT2D eigenvalue weighted by molar-refractivity contribution is 9.10. The van der Waals surface area contributed by atoms with E-state index in [9.17, 15) is 18.0 Å². The SMILES string of the molecule is CC(=O)c1ccc(S(=O)(=O)N(C)CC(=O)Nc2ccc(C)cc2Br)cc1. The number of hydrogen-bond acceptors (Lipinski definition) is 4. The zero-order chi connectivity index (χ0) is 19.5. The minimum absolute atomic E-state index is 0.0225. The summed E-state index contributed by atoms with van der Waals surface area (Å²) in [6.07, 6.45) is 0. The highest BCUT2D eigenvalue weighted by Gasteiger charge is 2.23. The Balaban J connectivity index is 2.10. The van der Waals surface area contributed by atoms with E-state index in [2.05, 4.69) is 21.2 Å². The second-order valence-corrected chi connectivity index (χ2v) is 8.77. The zero-order valence-corrected chi connectivity index (χ0v) is 17.0. The largest absolute Gasteiger partial charge is 0.324 e. The Kier molecular flexibility index (Phi) is 6.33. The number of hydrogen-bond donors (Lipinski definition) is 1. The van der Waals surface area contributed by atoms with Crippen LogP contribution in [0.15, 0.2) is 51.8 Å². The normalized spacial score (nSPS) is 11.4. The standard InChI is InChI=1S/C18H19BrN2O4S/c1-12-4-9-17(16(19)10-12)20-18(23)11-21(3)26(24,25)15-7-5-14(6-8-15)13(2)22/h4-10H,11H2,1-3H3,(H,20,23). The number of nitrogens with one attached hydrogen (secondary N) is 1.